The van der Waals surface area contributed by atoms with Crippen LogP contribution in [0.4, 0.5) is 4.39 Å². The van der Waals surface area contributed by atoms with Crippen molar-refractivity contribution in [1.29, 1.82) is 0 Å². The number of hydrogen-bond acceptors (Lipinski definition) is 3. The molecule has 5 heteroatoms. The predicted molar refractivity (Wildman–Crippen MR) is 139 cm³/mol. The van der Waals surface area contributed by atoms with Crippen molar-refractivity contribution in [1.82, 2.24) is 5.32 Å². The first-order valence-corrected chi connectivity index (χ1v) is 13.1. The average Bonchev–Trinajstić information content (AvgIpc) is 2.83. The lowest BCUT2D eigenvalue weighted by Crippen LogP contribution is -2.61. The zero-order valence-electron chi connectivity index (χ0n) is 21.4. The van der Waals surface area contributed by atoms with Gasteiger partial charge >= 0.3 is 5.97 Å². The normalized spacial score (nSPS) is 28.9. The third-order valence-electron chi connectivity index (χ3n) is 8.52. The third kappa shape index (κ3) is 5.11. The first-order chi connectivity index (χ1) is 17.1. The van der Waals surface area contributed by atoms with E-state index in [0.29, 0.717) is 25.2 Å². The summed E-state index contributed by atoms with van der Waals surface area (Å²) >= 11 is 0. The number of alkyl halides is 1. The molecule has 4 bridgehead atoms. The van der Waals surface area contributed by atoms with Crippen molar-refractivity contribution in [2.24, 2.45) is 17.8 Å². The molecule has 0 spiro atoms. The van der Waals surface area contributed by atoms with Gasteiger partial charge in [0.05, 0.1) is 5.41 Å². The Labute approximate surface area is 213 Å². The Bertz CT molecular complexity index is 1160. The maximum Gasteiger partial charge on any atom is 0.331 e. The summed E-state index contributed by atoms with van der Waals surface area (Å²) in [5, 5.41) is 3.34. The van der Waals surface area contributed by atoms with E-state index in [-0.39, 0.29) is 30.4 Å². The number of hydrogen-bond donors (Lipinski definition) is 1. The lowest BCUT2D eigenvalue weighted by molar-refractivity contribution is -0.139. The highest BCUT2D eigenvalue weighted by molar-refractivity contribution is 5.89. The summed E-state index contributed by atoms with van der Waals surface area (Å²) in [7, 11) is 0. The quantitative estimate of drug-likeness (QED) is 0.380. The number of amides is 1. The summed E-state index contributed by atoms with van der Waals surface area (Å²) in [6, 6.07) is 15.6. The van der Waals surface area contributed by atoms with E-state index in [9.17, 15) is 9.59 Å². The predicted octanol–water partition coefficient (Wildman–Crippen LogP) is 6.06. The molecular formula is C31H36FNO3. The molecule has 190 valence electrons. The number of carbonyl (C=O) groups excluding carboxylic acids is 2. The second-order valence-electron chi connectivity index (χ2n) is 11.8. The first-order valence-electron chi connectivity index (χ1n) is 13.1. The summed E-state index contributed by atoms with van der Waals surface area (Å²) in [5.74, 6) is 0.555. The summed E-state index contributed by atoms with van der Waals surface area (Å²) in [5.41, 5.74) is 1.92. The standard InChI is InChI=1S/C31H36FNO3/c1-20-11-22(9-10-27(34)36-19-21-7-5-4-6-8-21)15-26(12-20)30(2,3)29(35)33-28-24-13-23-14-25(28)18-31(32,16-23)17-24/h4-12,15,23-25,28H,13-14,16-19H2,1-3H3,(H,33,35)/b10-9+/t23?,24-,25+,28?,31?. The van der Waals surface area contributed by atoms with E-state index in [1.54, 1.807) is 6.08 Å². The van der Waals surface area contributed by atoms with Gasteiger partial charge in [-0.1, -0.05) is 54.1 Å². The topological polar surface area (TPSA) is 55.4 Å². The number of carbonyl (C=O) groups is 2. The van der Waals surface area contributed by atoms with Gasteiger partial charge in [0, 0.05) is 12.1 Å². The van der Waals surface area contributed by atoms with E-state index in [1.807, 2.05) is 69.3 Å². The van der Waals surface area contributed by atoms with Crippen molar-refractivity contribution < 1.29 is 18.7 Å². The third-order valence-corrected chi connectivity index (χ3v) is 8.52. The van der Waals surface area contributed by atoms with Gasteiger partial charge in [0.15, 0.2) is 0 Å². The van der Waals surface area contributed by atoms with Gasteiger partial charge in [-0.2, -0.15) is 0 Å². The van der Waals surface area contributed by atoms with Crippen LogP contribution in [0.3, 0.4) is 0 Å². The number of ether oxygens (including phenoxy) is 1. The van der Waals surface area contributed by atoms with Crippen LogP contribution in [0.15, 0.2) is 54.6 Å². The number of esters is 1. The minimum Gasteiger partial charge on any atom is -0.458 e. The molecule has 36 heavy (non-hydrogen) atoms. The molecule has 0 saturated heterocycles. The van der Waals surface area contributed by atoms with Crippen molar-refractivity contribution >= 4 is 18.0 Å². The summed E-state index contributed by atoms with van der Waals surface area (Å²) in [6.45, 7) is 6.08. The average molecular weight is 490 g/mol. The molecule has 5 atom stereocenters. The Morgan fingerprint density at radius 1 is 1.08 bits per heavy atom. The van der Waals surface area contributed by atoms with Crippen LogP contribution in [0.1, 0.15) is 68.2 Å². The van der Waals surface area contributed by atoms with Gasteiger partial charge in [-0.15, -0.1) is 0 Å². The monoisotopic (exact) mass is 489 g/mol. The van der Waals surface area contributed by atoms with Crippen LogP contribution in [-0.2, 0) is 26.3 Å². The molecule has 3 unspecified atom stereocenters. The van der Waals surface area contributed by atoms with E-state index in [0.717, 1.165) is 35.1 Å². The molecule has 4 aliphatic carbocycles. The SMILES string of the molecule is Cc1cc(/C=C/C(=O)OCc2ccccc2)cc(C(C)(C)C(=O)NC2[C@@H]3CC4C[C@H]2CC(F)(C4)C3)c1. The summed E-state index contributed by atoms with van der Waals surface area (Å²) < 4.78 is 20.4. The van der Waals surface area contributed by atoms with Gasteiger partial charge in [0.2, 0.25) is 5.91 Å². The molecular weight excluding hydrogens is 453 g/mol. The van der Waals surface area contributed by atoms with Crippen molar-refractivity contribution in [2.45, 2.75) is 76.6 Å². The zero-order chi connectivity index (χ0) is 25.5. The Morgan fingerprint density at radius 2 is 1.78 bits per heavy atom. The maximum atomic E-state index is 15.1. The lowest BCUT2D eigenvalue weighted by Gasteiger charge is -2.57. The van der Waals surface area contributed by atoms with Gasteiger partial charge in [0.1, 0.15) is 12.3 Å². The zero-order valence-corrected chi connectivity index (χ0v) is 21.4. The molecule has 6 rings (SSSR count). The maximum absolute atomic E-state index is 15.1. The minimum absolute atomic E-state index is 0.0179. The van der Waals surface area contributed by atoms with E-state index in [4.69, 9.17) is 4.74 Å². The second-order valence-corrected chi connectivity index (χ2v) is 11.8. The Morgan fingerprint density at radius 3 is 2.44 bits per heavy atom. The fourth-order valence-corrected chi connectivity index (χ4v) is 6.83. The Balaban J connectivity index is 1.25. The number of rotatable bonds is 7. The minimum atomic E-state index is -1.01. The largest absolute Gasteiger partial charge is 0.458 e. The molecule has 1 N–H and O–H groups in total. The van der Waals surface area contributed by atoms with E-state index in [2.05, 4.69) is 5.32 Å². The molecule has 0 heterocycles. The van der Waals surface area contributed by atoms with Crippen LogP contribution in [0.25, 0.3) is 6.08 Å². The fraction of sp³-hybridized carbons (Fsp3) is 0.484. The van der Waals surface area contributed by atoms with Crippen molar-refractivity contribution in [3.63, 3.8) is 0 Å². The van der Waals surface area contributed by atoms with Crippen molar-refractivity contribution in [2.75, 3.05) is 0 Å². The molecule has 2 aromatic carbocycles. The molecule has 2 aromatic rings. The molecule has 0 radical (unpaired) electrons. The highest BCUT2D eigenvalue weighted by Crippen LogP contribution is 2.57. The number of nitrogens with one attached hydrogen (secondary N) is 1. The van der Waals surface area contributed by atoms with Crippen LogP contribution in [-0.4, -0.2) is 23.6 Å². The first kappa shape index (κ1) is 24.7. The molecule has 4 nitrogen and oxygen atoms in total. The van der Waals surface area contributed by atoms with Crippen LogP contribution in [0.5, 0.6) is 0 Å². The van der Waals surface area contributed by atoms with Crippen LogP contribution >= 0.6 is 0 Å². The van der Waals surface area contributed by atoms with Crippen molar-refractivity contribution in [3.05, 3.63) is 76.9 Å². The van der Waals surface area contributed by atoms with Gasteiger partial charge in [-0.05, 0) is 93.4 Å². The molecule has 4 fully saturated rings. The lowest BCUT2D eigenvalue weighted by atomic mass is 9.53. The molecule has 0 aromatic heterocycles. The highest BCUT2D eigenvalue weighted by Gasteiger charge is 2.56. The molecule has 4 aliphatic rings. The van der Waals surface area contributed by atoms with Gasteiger partial charge < -0.3 is 10.1 Å². The Kier molecular flexibility index (Phi) is 6.52. The summed E-state index contributed by atoms with van der Waals surface area (Å²) in [6.07, 6.45) is 7.12. The summed E-state index contributed by atoms with van der Waals surface area (Å²) in [4.78, 5) is 25.8. The highest BCUT2D eigenvalue weighted by atomic mass is 19.1. The number of benzene rings is 2. The smallest absolute Gasteiger partial charge is 0.331 e. The number of aryl methyl sites for hydroxylation is 1. The van der Waals surface area contributed by atoms with Gasteiger partial charge in [-0.25, -0.2) is 9.18 Å². The Hall–Kier alpha value is -2.95. The number of halogens is 1. The van der Waals surface area contributed by atoms with Crippen LogP contribution in [0, 0.1) is 24.7 Å². The molecule has 4 saturated carbocycles. The van der Waals surface area contributed by atoms with Crippen LogP contribution < -0.4 is 5.32 Å². The molecule has 1 amide bonds. The molecule has 0 aliphatic heterocycles. The van der Waals surface area contributed by atoms with Crippen molar-refractivity contribution in [3.8, 4) is 0 Å². The van der Waals surface area contributed by atoms with Gasteiger partial charge in [-0.3, -0.25) is 4.79 Å². The van der Waals surface area contributed by atoms with E-state index in [1.165, 1.54) is 6.08 Å². The fourth-order valence-electron chi connectivity index (χ4n) is 6.83. The van der Waals surface area contributed by atoms with Crippen LogP contribution in [0.2, 0.25) is 0 Å². The second kappa shape index (κ2) is 9.49. The van der Waals surface area contributed by atoms with E-state index >= 15 is 4.39 Å². The van der Waals surface area contributed by atoms with E-state index < -0.39 is 17.1 Å². The van der Waals surface area contributed by atoms with Gasteiger partial charge in [0.25, 0.3) is 0 Å².